The first kappa shape index (κ1) is 41.8. The Labute approximate surface area is 330 Å². The molecule has 1 aliphatic heterocycles. The predicted octanol–water partition coefficient (Wildman–Crippen LogP) is 4.45. The summed E-state index contributed by atoms with van der Waals surface area (Å²) in [6.07, 6.45) is -8.80. The smallest absolute Gasteiger partial charge is 0.471 e. The number of methoxy groups -OCH3 is 2. The Bertz CT molecular complexity index is 2180. The lowest BCUT2D eigenvalue weighted by molar-refractivity contribution is -0.173. The van der Waals surface area contributed by atoms with Gasteiger partial charge in [-0.2, -0.15) is 18.2 Å². The van der Waals surface area contributed by atoms with Crippen molar-refractivity contribution in [3.05, 3.63) is 112 Å². The van der Waals surface area contributed by atoms with Crippen LogP contribution < -0.4 is 25.7 Å². The van der Waals surface area contributed by atoms with Crippen molar-refractivity contribution in [1.82, 2.24) is 24.8 Å². The number of aliphatic hydroxyl groups is 1. The van der Waals surface area contributed by atoms with Crippen molar-refractivity contribution < 1.29 is 51.6 Å². The van der Waals surface area contributed by atoms with Crippen LogP contribution in [0.5, 0.6) is 11.5 Å². The minimum absolute atomic E-state index is 0.0114. The first-order valence-electron chi connectivity index (χ1n) is 18.3. The van der Waals surface area contributed by atoms with Crippen LogP contribution in [0.3, 0.4) is 0 Å². The Morgan fingerprint density at radius 1 is 0.948 bits per heavy atom. The molecule has 58 heavy (non-hydrogen) atoms. The van der Waals surface area contributed by atoms with E-state index in [-0.39, 0.29) is 43.3 Å². The SMILES string of the molecule is COc1ccc(C(OC[C@H]2O[C@@H](n3cnc4c(=O)[nH]c(NC(=O)C(C)C)nc43)[C@H](OCCCNC(=O)C(F)(F)F)[C@@H]2O)(c2ccccc2)c2ccc(OC)cc2)cc1. The maximum atomic E-state index is 13.1. The molecule has 2 amide bonds. The second kappa shape index (κ2) is 17.8. The van der Waals surface area contributed by atoms with Crippen molar-refractivity contribution >= 4 is 28.9 Å². The number of H-pyrrole nitrogens is 1. The highest BCUT2D eigenvalue weighted by molar-refractivity contribution is 5.91. The van der Waals surface area contributed by atoms with Gasteiger partial charge in [0.2, 0.25) is 11.9 Å². The topological polar surface area (TPSA) is 188 Å². The van der Waals surface area contributed by atoms with E-state index in [0.717, 1.165) is 5.56 Å². The number of nitrogens with one attached hydrogen (secondary N) is 3. The number of amides is 2. The largest absolute Gasteiger partial charge is 0.497 e. The molecule has 3 heterocycles. The summed E-state index contributed by atoms with van der Waals surface area (Å²) in [6.45, 7) is 2.50. The summed E-state index contributed by atoms with van der Waals surface area (Å²) >= 11 is 0. The molecule has 15 nitrogen and oxygen atoms in total. The van der Waals surface area contributed by atoms with Crippen LogP contribution in [-0.2, 0) is 29.4 Å². The monoisotopic (exact) mass is 808 g/mol. The van der Waals surface area contributed by atoms with Gasteiger partial charge in [-0.1, -0.05) is 68.4 Å². The van der Waals surface area contributed by atoms with E-state index in [1.807, 2.05) is 54.6 Å². The molecule has 0 saturated carbocycles. The molecule has 4 atom stereocenters. The zero-order valence-corrected chi connectivity index (χ0v) is 32.0. The fraction of sp³-hybridized carbons (Fsp3) is 0.375. The Balaban J connectivity index is 1.36. The van der Waals surface area contributed by atoms with Crippen LogP contribution in [0.15, 0.2) is 90.0 Å². The van der Waals surface area contributed by atoms with Crippen LogP contribution in [0.1, 0.15) is 43.2 Å². The number of hydrogen-bond acceptors (Lipinski definition) is 11. The van der Waals surface area contributed by atoms with Crippen molar-refractivity contribution in [2.24, 2.45) is 5.92 Å². The summed E-state index contributed by atoms with van der Waals surface area (Å²) < 4.78 is 70.1. The lowest BCUT2D eigenvalue weighted by Gasteiger charge is -2.37. The average Bonchev–Trinajstić information content (AvgIpc) is 3.78. The number of ether oxygens (including phenoxy) is 5. The molecule has 2 aromatic heterocycles. The molecule has 0 spiro atoms. The second-order valence-electron chi connectivity index (χ2n) is 13.7. The van der Waals surface area contributed by atoms with E-state index < -0.39 is 59.6 Å². The lowest BCUT2D eigenvalue weighted by Crippen LogP contribution is -2.40. The van der Waals surface area contributed by atoms with E-state index in [0.29, 0.717) is 22.6 Å². The van der Waals surface area contributed by atoms with E-state index in [9.17, 15) is 32.7 Å². The number of anilines is 1. The number of fused-ring (bicyclic) bond motifs is 1. The van der Waals surface area contributed by atoms with Gasteiger partial charge in [0.25, 0.3) is 5.56 Å². The molecule has 0 radical (unpaired) electrons. The van der Waals surface area contributed by atoms with Gasteiger partial charge in [0.15, 0.2) is 17.4 Å². The zero-order valence-electron chi connectivity index (χ0n) is 32.0. The molecule has 0 aliphatic carbocycles. The minimum Gasteiger partial charge on any atom is -0.497 e. The van der Waals surface area contributed by atoms with Crippen LogP contribution in [0.4, 0.5) is 19.1 Å². The third-order valence-electron chi connectivity index (χ3n) is 9.60. The van der Waals surface area contributed by atoms with Gasteiger partial charge in [0, 0.05) is 19.1 Å². The number of carbonyl (C=O) groups is 2. The highest BCUT2D eigenvalue weighted by Gasteiger charge is 2.48. The fourth-order valence-corrected chi connectivity index (χ4v) is 6.57. The van der Waals surface area contributed by atoms with Crippen molar-refractivity contribution in [3.8, 4) is 11.5 Å². The number of hydrogen-bond donors (Lipinski definition) is 4. The fourth-order valence-electron chi connectivity index (χ4n) is 6.57. The van der Waals surface area contributed by atoms with Crippen LogP contribution in [0, 0.1) is 5.92 Å². The number of rotatable bonds is 16. The van der Waals surface area contributed by atoms with Crippen LogP contribution >= 0.6 is 0 Å². The van der Waals surface area contributed by atoms with Crippen molar-refractivity contribution in [2.45, 2.75) is 56.6 Å². The van der Waals surface area contributed by atoms with Gasteiger partial charge in [0.1, 0.15) is 35.4 Å². The number of alkyl halides is 3. The van der Waals surface area contributed by atoms with Gasteiger partial charge >= 0.3 is 12.1 Å². The summed E-state index contributed by atoms with van der Waals surface area (Å²) in [6, 6.07) is 24.1. The Kier molecular flexibility index (Phi) is 12.8. The molecule has 0 unspecified atom stereocenters. The number of aromatic amines is 1. The molecule has 18 heteroatoms. The Morgan fingerprint density at radius 3 is 2.12 bits per heavy atom. The van der Waals surface area contributed by atoms with Gasteiger partial charge in [-0.3, -0.25) is 29.3 Å². The summed E-state index contributed by atoms with van der Waals surface area (Å²) in [5.41, 5.74) is 0.0890. The van der Waals surface area contributed by atoms with Gasteiger partial charge in [-0.25, -0.2) is 4.98 Å². The van der Waals surface area contributed by atoms with E-state index in [1.54, 1.807) is 57.6 Å². The van der Waals surface area contributed by atoms with Crippen molar-refractivity contribution in [3.63, 3.8) is 0 Å². The van der Waals surface area contributed by atoms with E-state index in [4.69, 9.17) is 23.7 Å². The van der Waals surface area contributed by atoms with Crippen molar-refractivity contribution in [1.29, 1.82) is 0 Å². The van der Waals surface area contributed by atoms with Gasteiger partial charge < -0.3 is 34.1 Å². The summed E-state index contributed by atoms with van der Waals surface area (Å²) in [5.74, 6) is -1.86. The maximum Gasteiger partial charge on any atom is 0.471 e. The quantitative estimate of drug-likeness (QED) is 0.0815. The highest BCUT2D eigenvalue weighted by Crippen LogP contribution is 2.43. The average molecular weight is 809 g/mol. The number of carbonyl (C=O) groups excluding carboxylic acids is 2. The summed E-state index contributed by atoms with van der Waals surface area (Å²) in [5, 5.41) is 16.3. The number of halogens is 3. The molecule has 0 bridgehead atoms. The third-order valence-corrected chi connectivity index (χ3v) is 9.60. The first-order chi connectivity index (χ1) is 27.8. The molecular weight excluding hydrogens is 765 g/mol. The second-order valence-corrected chi connectivity index (χ2v) is 13.7. The number of aromatic nitrogens is 4. The van der Waals surface area contributed by atoms with Gasteiger partial charge in [-0.15, -0.1) is 0 Å². The zero-order chi connectivity index (χ0) is 41.6. The molecule has 308 valence electrons. The van der Waals surface area contributed by atoms with Crippen LogP contribution in [-0.4, -0.2) is 94.9 Å². The van der Waals surface area contributed by atoms with Crippen LogP contribution in [0.25, 0.3) is 11.2 Å². The molecule has 6 rings (SSSR count). The van der Waals surface area contributed by atoms with E-state index in [2.05, 4.69) is 20.3 Å². The summed E-state index contributed by atoms with van der Waals surface area (Å²) in [7, 11) is 3.12. The third kappa shape index (κ3) is 8.84. The maximum absolute atomic E-state index is 13.1. The predicted molar refractivity (Wildman–Crippen MR) is 203 cm³/mol. The Morgan fingerprint density at radius 2 is 1.55 bits per heavy atom. The number of benzene rings is 3. The highest BCUT2D eigenvalue weighted by atomic mass is 19.4. The number of imidazole rings is 1. The van der Waals surface area contributed by atoms with Gasteiger partial charge in [-0.05, 0) is 47.4 Å². The molecule has 5 aromatic rings. The number of nitrogens with zero attached hydrogens (tertiary/aromatic N) is 3. The van der Waals surface area contributed by atoms with Gasteiger partial charge in [0.05, 0.1) is 27.2 Å². The number of aliphatic hydroxyl groups excluding tert-OH is 1. The van der Waals surface area contributed by atoms with E-state index in [1.165, 1.54) is 10.9 Å². The molecule has 4 N–H and O–H groups in total. The van der Waals surface area contributed by atoms with E-state index >= 15 is 0 Å². The molecular formula is C40H43F3N6O9. The lowest BCUT2D eigenvalue weighted by atomic mass is 9.80. The molecule has 1 fully saturated rings. The minimum atomic E-state index is -5.05. The Hall–Kier alpha value is -5.82. The first-order valence-corrected chi connectivity index (χ1v) is 18.3. The molecule has 1 aliphatic rings. The normalized spacial score (nSPS) is 18.4. The standard InChI is InChI=1S/C40H43F3N6O9/c1-23(2)34(51)47-38-46-33-30(35(52)48-38)45-22-49(33)36-32(56-20-8-19-44-37(53)40(41,42)43)31(50)29(58-36)21-57-39(24-9-6-5-7-10-24,25-11-15-27(54-3)16-12-25)26-13-17-28(55-4)18-14-26/h5-7,9-18,22-23,29,31-32,36,50H,8,19-21H2,1-4H3,(H,44,53)(H2,46,47,48,51,52)/t29-,31-,32-,36-/m1/s1. The molecule has 1 saturated heterocycles. The van der Waals surface area contributed by atoms with Crippen LogP contribution in [0.2, 0.25) is 0 Å². The molecule has 3 aromatic carbocycles. The van der Waals surface area contributed by atoms with Crippen molar-refractivity contribution in [2.75, 3.05) is 39.3 Å². The summed E-state index contributed by atoms with van der Waals surface area (Å²) in [4.78, 5) is 48.0.